The highest BCUT2D eigenvalue weighted by molar-refractivity contribution is 5.65. The van der Waals surface area contributed by atoms with Crippen molar-refractivity contribution >= 4 is 11.5 Å². The number of hydrogen-bond acceptors (Lipinski definition) is 5. The van der Waals surface area contributed by atoms with Crippen LogP contribution in [0.3, 0.4) is 0 Å². The molecule has 1 aromatic heterocycles. The summed E-state index contributed by atoms with van der Waals surface area (Å²) in [6, 6.07) is 5.35. The Kier molecular flexibility index (Phi) is 4.05. The topological polar surface area (TPSA) is 70.8 Å². The second-order valence-corrected chi connectivity index (χ2v) is 3.70. The molecule has 0 aliphatic heterocycles. The van der Waals surface area contributed by atoms with Crippen molar-refractivity contribution < 1.29 is 13.5 Å². The molecular weight excluding hydrogens is 266 g/mol. The highest BCUT2D eigenvalue weighted by Crippen LogP contribution is 2.25. The Hall–Kier alpha value is -2.75. The molecule has 0 aliphatic rings. The van der Waals surface area contributed by atoms with Gasteiger partial charge in [0.1, 0.15) is 18.2 Å². The van der Waals surface area contributed by atoms with E-state index in [-0.39, 0.29) is 29.6 Å². The average Bonchev–Trinajstić information content (AvgIpc) is 2.45. The quantitative estimate of drug-likeness (QED) is 0.929. The van der Waals surface area contributed by atoms with Gasteiger partial charge >= 0.3 is 0 Å². The van der Waals surface area contributed by atoms with E-state index in [1.54, 1.807) is 6.92 Å². The molecule has 1 N–H and O–H groups in total. The Morgan fingerprint density at radius 3 is 2.85 bits per heavy atom. The lowest BCUT2D eigenvalue weighted by molar-refractivity contribution is 0.307. The van der Waals surface area contributed by atoms with Gasteiger partial charge in [0.2, 0.25) is 5.82 Å². The number of anilines is 2. The van der Waals surface area contributed by atoms with Gasteiger partial charge in [-0.25, -0.2) is 9.37 Å². The van der Waals surface area contributed by atoms with E-state index in [1.165, 1.54) is 6.07 Å². The SMILES string of the molecule is CCOc1ncnc(Nc2ccc(F)cc2C#N)c1F. The Balaban J connectivity index is 2.36. The first-order valence-electron chi connectivity index (χ1n) is 5.75. The summed E-state index contributed by atoms with van der Waals surface area (Å²) in [5.74, 6) is -1.66. The first kappa shape index (κ1) is 13.7. The van der Waals surface area contributed by atoms with Crippen LogP contribution in [0.25, 0.3) is 0 Å². The van der Waals surface area contributed by atoms with Gasteiger partial charge in [-0.15, -0.1) is 0 Å². The second kappa shape index (κ2) is 5.93. The molecule has 0 spiro atoms. The van der Waals surface area contributed by atoms with Gasteiger partial charge in [0.05, 0.1) is 17.9 Å². The van der Waals surface area contributed by atoms with E-state index >= 15 is 0 Å². The fraction of sp³-hybridized carbons (Fsp3) is 0.154. The van der Waals surface area contributed by atoms with Crippen LogP contribution in [-0.2, 0) is 0 Å². The fourth-order valence-electron chi connectivity index (χ4n) is 1.52. The van der Waals surface area contributed by atoms with Crippen LogP contribution in [-0.4, -0.2) is 16.6 Å². The van der Waals surface area contributed by atoms with E-state index in [0.717, 1.165) is 18.5 Å². The molecule has 0 bridgehead atoms. The van der Waals surface area contributed by atoms with E-state index in [1.807, 2.05) is 6.07 Å². The zero-order chi connectivity index (χ0) is 14.5. The van der Waals surface area contributed by atoms with Crippen LogP contribution in [0.2, 0.25) is 0 Å². The van der Waals surface area contributed by atoms with E-state index < -0.39 is 11.6 Å². The van der Waals surface area contributed by atoms with Crippen LogP contribution >= 0.6 is 0 Å². The monoisotopic (exact) mass is 276 g/mol. The summed E-state index contributed by atoms with van der Waals surface area (Å²) in [4.78, 5) is 7.39. The maximum Gasteiger partial charge on any atom is 0.255 e. The van der Waals surface area contributed by atoms with Crippen molar-refractivity contribution in [1.29, 1.82) is 5.26 Å². The van der Waals surface area contributed by atoms with Crippen LogP contribution < -0.4 is 10.1 Å². The van der Waals surface area contributed by atoms with Gasteiger partial charge < -0.3 is 10.1 Å². The zero-order valence-corrected chi connectivity index (χ0v) is 10.5. The number of nitriles is 1. The van der Waals surface area contributed by atoms with Crippen molar-refractivity contribution in [2.75, 3.05) is 11.9 Å². The summed E-state index contributed by atoms with van der Waals surface area (Å²) in [6.45, 7) is 1.95. The first-order valence-corrected chi connectivity index (χ1v) is 5.75. The van der Waals surface area contributed by atoms with Crippen LogP contribution in [0.4, 0.5) is 20.3 Å². The zero-order valence-electron chi connectivity index (χ0n) is 10.5. The molecule has 0 radical (unpaired) electrons. The van der Waals surface area contributed by atoms with E-state index in [2.05, 4.69) is 15.3 Å². The van der Waals surface area contributed by atoms with Crippen molar-refractivity contribution in [1.82, 2.24) is 9.97 Å². The number of halogens is 2. The minimum Gasteiger partial charge on any atom is -0.476 e. The van der Waals surface area contributed by atoms with Crippen LogP contribution in [0.5, 0.6) is 5.88 Å². The predicted molar refractivity (Wildman–Crippen MR) is 67.6 cm³/mol. The highest BCUT2D eigenvalue weighted by atomic mass is 19.1. The molecule has 2 aromatic rings. The molecule has 5 nitrogen and oxygen atoms in total. The van der Waals surface area contributed by atoms with E-state index in [0.29, 0.717) is 0 Å². The summed E-state index contributed by atoms with van der Waals surface area (Å²) >= 11 is 0. The smallest absolute Gasteiger partial charge is 0.255 e. The normalized spacial score (nSPS) is 9.90. The van der Waals surface area contributed by atoms with Gasteiger partial charge in [0, 0.05) is 0 Å². The third-order valence-corrected chi connectivity index (χ3v) is 2.39. The number of rotatable bonds is 4. The molecule has 0 fully saturated rings. The van der Waals surface area contributed by atoms with Crippen molar-refractivity contribution in [3.8, 4) is 11.9 Å². The minimum absolute atomic E-state index is 0.0426. The Morgan fingerprint density at radius 2 is 2.15 bits per heavy atom. The number of nitrogens with one attached hydrogen (secondary N) is 1. The molecule has 1 heterocycles. The highest BCUT2D eigenvalue weighted by Gasteiger charge is 2.14. The molecule has 0 amide bonds. The maximum atomic E-state index is 14.0. The van der Waals surface area contributed by atoms with Crippen molar-refractivity contribution in [2.45, 2.75) is 6.92 Å². The summed E-state index contributed by atoms with van der Waals surface area (Å²) in [5, 5.41) is 11.5. The molecule has 0 unspecified atom stereocenters. The van der Waals surface area contributed by atoms with Gasteiger partial charge in [0.15, 0.2) is 5.82 Å². The molecule has 0 saturated heterocycles. The van der Waals surface area contributed by atoms with Gasteiger partial charge in [-0.3, -0.25) is 0 Å². The number of hydrogen-bond donors (Lipinski definition) is 1. The van der Waals surface area contributed by atoms with Crippen molar-refractivity contribution in [2.24, 2.45) is 0 Å². The molecule has 20 heavy (non-hydrogen) atoms. The molecule has 102 valence electrons. The molecule has 1 aromatic carbocycles. The van der Waals surface area contributed by atoms with Gasteiger partial charge in [0.25, 0.3) is 5.88 Å². The minimum atomic E-state index is -0.775. The molecule has 0 atom stereocenters. The third kappa shape index (κ3) is 2.80. The molecule has 7 heteroatoms. The fourth-order valence-corrected chi connectivity index (χ4v) is 1.52. The number of nitrogens with zero attached hydrogens (tertiary/aromatic N) is 3. The van der Waals surface area contributed by atoms with Gasteiger partial charge in [-0.05, 0) is 25.1 Å². The Bertz CT molecular complexity index is 670. The third-order valence-electron chi connectivity index (χ3n) is 2.39. The number of aromatic nitrogens is 2. The average molecular weight is 276 g/mol. The van der Waals surface area contributed by atoms with Crippen LogP contribution in [0, 0.1) is 23.0 Å². The van der Waals surface area contributed by atoms with Gasteiger partial charge in [-0.2, -0.15) is 14.6 Å². The Morgan fingerprint density at radius 1 is 1.35 bits per heavy atom. The van der Waals surface area contributed by atoms with Gasteiger partial charge in [-0.1, -0.05) is 0 Å². The number of benzene rings is 1. The number of ether oxygens (including phenoxy) is 1. The Labute approximate surface area is 113 Å². The van der Waals surface area contributed by atoms with Crippen molar-refractivity contribution in [3.05, 3.63) is 41.7 Å². The summed E-state index contributed by atoms with van der Waals surface area (Å²) in [5.41, 5.74) is 0.287. The molecule has 2 rings (SSSR count). The lowest BCUT2D eigenvalue weighted by atomic mass is 10.2. The van der Waals surface area contributed by atoms with Crippen LogP contribution in [0.15, 0.2) is 24.5 Å². The summed E-state index contributed by atoms with van der Waals surface area (Å²) in [7, 11) is 0. The second-order valence-electron chi connectivity index (χ2n) is 3.70. The summed E-state index contributed by atoms with van der Waals surface area (Å²) < 4.78 is 32.0. The summed E-state index contributed by atoms with van der Waals surface area (Å²) in [6.07, 6.45) is 1.13. The first-order chi connectivity index (χ1) is 9.65. The lowest BCUT2D eigenvalue weighted by Gasteiger charge is -2.10. The van der Waals surface area contributed by atoms with Crippen LogP contribution in [0.1, 0.15) is 12.5 Å². The van der Waals surface area contributed by atoms with E-state index in [9.17, 15) is 8.78 Å². The predicted octanol–water partition coefficient (Wildman–Crippen LogP) is 2.77. The molecule has 0 aliphatic carbocycles. The van der Waals surface area contributed by atoms with E-state index in [4.69, 9.17) is 10.00 Å². The largest absolute Gasteiger partial charge is 0.476 e. The molecule has 0 saturated carbocycles. The van der Waals surface area contributed by atoms with Crippen molar-refractivity contribution in [3.63, 3.8) is 0 Å². The molecular formula is C13H10F2N4O. The lowest BCUT2D eigenvalue weighted by Crippen LogP contribution is -2.04. The standard InChI is InChI=1S/C13H10F2N4O/c1-2-20-13-11(15)12(17-7-18-13)19-10-4-3-9(14)5-8(10)6-16/h3-5,7H,2H2,1H3,(H,17,18,19). The maximum absolute atomic E-state index is 14.0.